The number of rotatable bonds is 13. The Balaban J connectivity index is 0. The molecule has 8 nitrogen and oxygen atoms in total. The van der Waals surface area contributed by atoms with Crippen LogP contribution in [-0.2, 0) is 26.6 Å². The normalized spacial score (nSPS) is 12.0. The molecule has 0 fully saturated rings. The summed E-state index contributed by atoms with van der Waals surface area (Å²) in [6, 6.07) is 1.36. The maximum atomic E-state index is 5.57. The molecule has 142 valence electrons. The Morgan fingerprint density at radius 3 is 1.09 bits per heavy atom. The Bertz CT molecular complexity index is 223. The molecular weight excluding hydrogens is 336 g/mol. The van der Waals surface area contributed by atoms with Crippen LogP contribution in [-0.4, -0.2) is 71.8 Å². The van der Waals surface area contributed by atoms with Gasteiger partial charge in [0.15, 0.2) is 0 Å². The van der Waals surface area contributed by atoms with Crippen LogP contribution in [0.15, 0.2) is 0 Å². The number of nitrogens with two attached hydrogens (primary N) is 2. The van der Waals surface area contributed by atoms with E-state index in [0.29, 0.717) is 45.0 Å². The molecule has 0 saturated carbocycles. The molecule has 0 aliphatic carbocycles. The van der Waals surface area contributed by atoms with E-state index in [2.05, 4.69) is 0 Å². The zero-order chi connectivity index (χ0) is 18.2. The smallest absolute Gasteiger partial charge is 0.377 e. The van der Waals surface area contributed by atoms with Gasteiger partial charge in [-0.1, -0.05) is 0 Å². The van der Waals surface area contributed by atoms with Crippen molar-refractivity contribution in [3.63, 3.8) is 0 Å². The molecule has 0 aromatic heterocycles. The van der Waals surface area contributed by atoms with Crippen LogP contribution in [0.4, 0.5) is 0 Å². The van der Waals surface area contributed by atoms with E-state index in [1.807, 2.05) is 20.8 Å². The molecule has 0 unspecified atom stereocenters. The average molecular weight is 373 g/mol. The Kier molecular flexibility index (Phi) is 17.2. The second-order valence-corrected chi connectivity index (χ2v) is 10.2. The van der Waals surface area contributed by atoms with Crippen molar-refractivity contribution in [3.8, 4) is 0 Å². The van der Waals surface area contributed by atoms with E-state index in [1.165, 1.54) is 0 Å². The highest BCUT2D eigenvalue weighted by molar-refractivity contribution is 6.61. The van der Waals surface area contributed by atoms with Gasteiger partial charge >= 0.3 is 17.6 Å². The predicted octanol–water partition coefficient (Wildman–Crippen LogP) is 0.817. The Labute approximate surface area is 143 Å². The third-order valence-corrected chi connectivity index (χ3v) is 8.78. The maximum Gasteiger partial charge on any atom is 0.502 e. The summed E-state index contributed by atoms with van der Waals surface area (Å²) in [5, 5.41) is 0. The zero-order valence-corrected chi connectivity index (χ0v) is 17.6. The van der Waals surface area contributed by atoms with Gasteiger partial charge in [-0.3, -0.25) is 0 Å². The van der Waals surface area contributed by atoms with Gasteiger partial charge in [-0.2, -0.15) is 0 Å². The van der Waals surface area contributed by atoms with Crippen LogP contribution in [0.2, 0.25) is 12.1 Å². The summed E-state index contributed by atoms with van der Waals surface area (Å²) >= 11 is 0. The molecule has 0 aliphatic heterocycles. The van der Waals surface area contributed by atoms with E-state index in [9.17, 15) is 0 Å². The maximum absolute atomic E-state index is 5.57. The first-order valence-corrected chi connectivity index (χ1v) is 11.8. The van der Waals surface area contributed by atoms with Crippen LogP contribution in [0.25, 0.3) is 0 Å². The highest BCUT2D eigenvalue weighted by Crippen LogP contribution is 2.14. The molecule has 10 heteroatoms. The van der Waals surface area contributed by atoms with Crippen LogP contribution in [0, 0.1) is 0 Å². The third-order valence-electron chi connectivity index (χ3n) is 2.93. The summed E-state index contributed by atoms with van der Waals surface area (Å²) in [6.45, 7) is 8.75. The minimum Gasteiger partial charge on any atom is -0.377 e. The molecule has 0 rings (SSSR count). The number of hydrogen-bond acceptors (Lipinski definition) is 8. The fourth-order valence-corrected chi connectivity index (χ4v) is 5.73. The molecule has 4 N–H and O–H groups in total. The highest BCUT2D eigenvalue weighted by atomic mass is 28.4. The van der Waals surface area contributed by atoms with Crippen molar-refractivity contribution in [2.75, 3.05) is 54.2 Å². The molecule has 0 atom stereocenters. The highest BCUT2D eigenvalue weighted by Gasteiger charge is 2.39. The van der Waals surface area contributed by atoms with Gasteiger partial charge in [0, 0.05) is 53.2 Å². The summed E-state index contributed by atoms with van der Waals surface area (Å²) in [6.07, 6.45) is 0. The van der Waals surface area contributed by atoms with Crippen LogP contribution in [0.3, 0.4) is 0 Å². The van der Waals surface area contributed by atoms with Gasteiger partial charge in [-0.25, -0.2) is 0 Å². The van der Waals surface area contributed by atoms with Gasteiger partial charge in [0.05, 0.1) is 0 Å². The second kappa shape index (κ2) is 15.6. The predicted molar refractivity (Wildman–Crippen MR) is 95.1 cm³/mol. The molecule has 0 saturated heterocycles. The standard InChI is InChI=1S/C8H21NO3Si.C5H15NO3Si/c1-4-10-13(8-7-9,11-5-2)12-6-3;1-7-10(8-2,9-3)5-4-6/h4-9H2,1-3H3;4-6H2,1-3H3. The fourth-order valence-electron chi connectivity index (χ4n) is 1.91. The first kappa shape index (κ1) is 25.4. The van der Waals surface area contributed by atoms with E-state index >= 15 is 0 Å². The van der Waals surface area contributed by atoms with Crippen molar-refractivity contribution in [1.82, 2.24) is 0 Å². The van der Waals surface area contributed by atoms with Crippen molar-refractivity contribution >= 4 is 17.6 Å². The molecule has 0 spiro atoms. The van der Waals surface area contributed by atoms with Crippen LogP contribution in [0.5, 0.6) is 0 Å². The fraction of sp³-hybridized carbons (Fsp3) is 1.00. The van der Waals surface area contributed by atoms with Gasteiger partial charge in [0.25, 0.3) is 0 Å². The largest absolute Gasteiger partial charge is 0.502 e. The SMILES string of the molecule is CCO[Si](CCN)(OCC)OCC.CO[Si](CCN)(OC)OC. The minimum absolute atomic E-state index is 0.530. The lowest BCUT2D eigenvalue weighted by atomic mass is 10.8. The second-order valence-electron chi connectivity index (χ2n) is 4.35. The van der Waals surface area contributed by atoms with Crippen molar-refractivity contribution < 1.29 is 26.6 Å². The summed E-state index contributed by atoms with van der Waals surface area (Å²) in [4.78, 5) is 0. The molecule has 0 aromatic rings. The van der Waals surface area contributed by atoms with Crippen LogP contribution >= 0.6 is 0 Å². The molecule has 23 heavy (non-hydrogen) atoms. The van der Waals surface area contributed by atoms with Gasteiger partial charge < -0.3 is 38.0 Å². The van der Waals surface area contributed by atoms with Crippen molar-refractivity contribution in [2.45, 2.75) is 32.9 Å². The lowest BCUT2D eigenvalue weighted by Crippen LogP contribution is -2.47. The van der Waals surface area contributed by atoms with Gasteiger partial charge in [0.2, 0.25) is 0 Å². The topological polar surface area (TPSA) is 107 Å². The Hall–Kier alpha value is 0.114. The monoisotopic (exact) mass is 372 g/mol. The molecule has 0 radical (unpaired) electrons. The summed E-state index contributed by atoms with van der Waals surface area (Å²) in [5.41, 5.74) is 10.8. The first-order chi connectivity index (χ1) is 11.0. The van der Waals surface area contributed by atoms with Crippen molar-refractivity contribution in [2.24, 2.45) is 11.5 Å². The van der Waals surface area contributed by atoms with Crippen molar-refractivity contribution in [3.05, 3.63) is 0 Å². The Morgan fingerprint density at radius 1 is 0.609 bits per heavy atom. The van der Waals surface area contributed by atoms with Crippen molar-refractivity contribution in [1.29, 1.82) is 0 Å². The van der Waals surface area contributed by atoms with E-state index in [0.717, 1.165) is 0 Å². The molecule has 0 aromatic carbocycles. The van der Waals surface area contributed by atoms with E-state index in [-0.39, 0.29) is 0 Å². The van der Waals surface area contributed by atoms with E-state index < -0.39 is 17.6 Å². The summed E-state index contributed by atoms with van der Waals surface area (Å²) in [5.74, 6) is 0. The molecule has 0 amide bonds. The van der Waals surface area contributed by atoms with Crippen LogP contribution < -0.4 is 11.5 Å². The molecule has 0 heterocycles. The summed E-state index contributed by atoms with van der Waals surface area (Å²) < 4.78 is 32.0. The summed E-state index contributed by atoms with van der Waals surface area (Å²) in [7, 11) is -0.0282. The van der Waals surface area contributed by atoms with Gasteiger partial charge in [-0.05, 0) is 33.9 Å². The van der Waals surface area contributed by atoms with Crippen LogP contribution in [0.1, 0.15) is 20.8 Å². The number of hydrogen-bond donors (Lipinski definition) is 2. The Morgan fingerprint density at radius 2 is 0.913 bits per heavy atom. The molecule has 0 aliphatic rings. The zero-order valence-electron chi connectivity index (χ0n) is 15.6. The van der Waals surface area contributed by atoms with Gasteiger partial charge in [-0.15, -0.1) is 0 Å². The lowest BCUT2D eigenvalue weighted by Gasteiger charge is -2.27. The van der Waals surface area contributed by atoms with E-state index in [1.54, 1.807) is 21.3 Å². The lowest BCUT2D eigenvalue weighted by molar-refractivity contribution is 0.0719. The van der Waals surface area contributed by atoms with E-state index in [4.69, 9.17) is 38.0 Å². The third kappa shape index (κ3) is 10.6. The minimum atomic E-state index is -2.42. The van der Waals surface area contributed by atoms with Gasteiger partial charge in [0.1, 0.15) is 0 Å². The first-order valence-electron chi connectivity index (χ1n) is 7.96. The quantitative estimate of drug-likeness (QED) is 0.458. The molecule has 0 bridgehead atoms. The average Bonchev–Trinajstić information content (AvgIpc) is 2.54. The molecular formula is C13H36N2O6Si2.